The van der Waals surface area contributed by atoms with Crippen LogP contribution in [0.25, 0.3) is 11.6 Å². The fourth-order valence-electron chi connectivity index (χ4n) is 5.10. The molecular formula is C24H30N6O4. The lowest BCUT2D eigenvalue weighted by Gasteiger charge is -2.35. The maximum absolute atomic E-state index is 13.7. The van der Waals surface area contributed by atoms with Crippen LogP contribution in [0.5, 0.6) is 0 Å². The molecule has 10 nitrogen and oxygen atoms in total. The number of tetrazole rings is 1. The summed E-state index contributed by atoms with van der Waals surface area (Å²) in [6.07, 6.45) is 9.42. The van der Waals surface area contributed by atoms with Crippen LogP contribution in [0.2, 0.25) is 0 Å². The topological polar surface area (TPSA) is 119 Å². The Labute approximate surface area is 197 Å². The van der Waals surface area contributed by atoms with Gasteiger partial charge in [-0.1, -0.05) is 25.7 Å². The van der Waals surface area contributed by atoms with E-state index in [9.17, 15) is 9.59 Å². The molecule has 3 heterocycles. The summed E-state index contributed by atoms with van der Waals surface area (Å²) in [5.74, 6) is 1.58. The maximum atomic E-state index is 13.7. The highest BCUT2D eigenvalue weighted by atomic mass is 16.3. The second-order valence-electron chi connectivity index (χ2n) is 9.20. The molecule has 2 amide bonds. The van der Waals surface area contributed by atoms with E-state index in [-0.39, 0.29) is 30.4 Å². The first-order valence-corrected chi connectivity index (χ1v) is 12.1. The molecule has 2 saturated carbocycles. The highest BCUT2D eigenvalue weighted by Crippen LogP contribution is 2.33. The van der Waals surface area contributed by atoms with Crippen LogP contribution in [0.15, 0.2) is 39.4 Å². The van der Waals surface area contributed by atoms with E-state index in [0.29, 0.717) is 17.3 Å². The number of carbonyl (C=O) groups is 2. The van der Waals surface area contributed by atoms with Gasteiger partial charge in [0.05, 0.1) is 6.26 Å². The minimum absolute atomic E-state index is 0.0485. The zero-order valence-electron chi connectivity index (χ0n) is 19.4. The minimum Gasteiger partial charge on any atom is -0.467 e. The maximum Gasteiger partial charge on any atom is 0.250 e. The first kappa shape index (κ1) is 22.4. The fourth-order valence-corrected chi connectivity index (χ4v) is 5.10. The number of amides is 2. The van der Waals surface area contributed by atoms with Gasteiger partial charge in [0.2, 0.25) is 11.7 Å². The van der Waals surface area contributed by atoms with Crippen molar-refractivity contribution < 1.29 is 18.4 Å². The molecule has 10 heteroatoms. The van der Waals surface area contributed by atoms with Gasteiger partial charge in [-0.3, -0.25) is 9.59 Å². The third-order valence-corrected chi connectivity index (χ3v) is 6.74. The van der Waals surface area contributed by atoms with E-state index < -0.39 is 6.04 Å². The average molecular weight is 467 g/mol. The van der Waals surface area contributed by atoms with E-state index in [0.717, 1.165) is 57.1 Å². The molecule has 0 bridgehead atoms. The number of furan rings is 2. The third-order valence-electron chi connectivity index (χ3n) is 6.74. The van der Waals surface area contributed by atoms with Gasteiger partial charge < -0.3 is 19.1 Å². The SMILES string of the molecule is Cc1ccc(-c2nnn(CC(=O)N(C3CCCC3)[C@H](C(=O)NC3CCCC3)c3ccco3)n2)o1. The lowest BCUT2D eigenvalue weighted by molar-refractivity contribution is -0.145. The molecule has 34 heavy (non-hydrogen) atoms. The summed E-state index contributed by atoms with van der Waals surface area (Å²) in [5, 5.41) is 15.6. The summed E-state index contributed by atoms with van der Waals surface area (Å²) in [4.78, 5) is 30.1. The molecule has 0 spiro atoms. The van der Waals surface area contributed by atoms with Crippen LogP contribution >= 0.6 is 0 Å². The van der Waals surface area contributed by atoms with Crippen molar-refractivity contribution in [3.63, 3.8) is 0 Å². The molecule has 1 atom stereocenters. The molecule has 3 aromatic rings. The highest BCUT2D eigenvalue weighted by Gasteiger charge is 2.40. The van der Waals surface area contributed by atoms with Crippen molar-refractivity contribution in [2.24, 2.45) is 0 Å². The predicted molar refractivity (Wildman–Crippen MR) is 121 cm³/mol. The summed E-state index contributed by atoms with van der Waals surface area (Å²) in [7, 11) is 0. The molecule has 0 aliphatic heterocycles. The molecule has 2 aliphatic carbocycles. The van der Waals surface area contributed by atoms with Crippen LogP contribution in [-0.4, -0.2) is 49.0 Å². The lowest BCUT2D eigenvalue weighted by atomic mass is 10.1. The molecule has 0 aromatic carbocycles. The first-order chi connectivity index (χ1) is 16.6. The van der Waals surface area contributed by atoms with Gasteiger partial charge in [0.25, 0.3) is 5.91 Å². The van der Waals surface area contributed by atoms with Gasteiger partial charge in [-0.15, -0.1) is 10.2 Å². The number of hydrogen-bond donors (Lipinski definition) is 1. The second kappa shape index (κ2) is 9.82. The van der Waals surface area contributed by atoms with E-state index in [1.165, 1.54) is 4.80 Å². The molecule has 1 N–H and O–H groups in total. The van der Waals surface area contributed by atoms with Crippen LogP contribution in [0, 0.1) is 6.92 Å². The van der Waals surface area contributed by atoms with Crippen LogP contribution in [-0.2, 0) is 16.1 Å². The summed E-state index contributed by atoms with van der Waals surface area (Å²) in [6.45, 7) is 1.71. The van der Waals surface area contributed by atoms with Crippen molar-refractivity contribution in [2.45, 2.75) is 83.0 Å². The Kier molecular flexibility index (Phi) is 6.46. The third kappa shape index (κ3) is 4.76. The Bertz CT molecular complexity index is 1110. The second-order valence-corrected chi connectivity index (χ2v) is 9.20. The monoisotopic (exact) mass is 466 g/mol. The zero-order valence-corrected chi connectivity index (χ0v) is 19.4. The Morgan fingerprint density at radius 1 is 1.15 bits per heavy atom. The predicted octanol–water partition coefficient (Wildman–Crippen LogP) is 3.41. The quantitative estimate of drug-likeness (QED) is 0.540. The van der Waals surface area contributed by atoms with Gasteiger partial charge in [-0.05, 0) is 62.1 Å². The van der Waals surface area contributed by atoms with Crippen LogP contribution in [0.4, 0.5) is 0 Å². The Hall–Kier alpha value is -3.43. The largest absolute Gasteiger partial charge is 0.467 e. The van der Waals surface area contributed by atoms with Crippen molar-refractivity contribution in [2.75, 3.05) is 0 Å². The van der Waals surface area contributed by atoms with Crippen LogP contribution in [0.1, 0.15) is 68.9 Å². The Morgan fingerprint density at radius 2 is 1.91 bits per heavy atom. The number of rotatable bonds is 8. The number of aryl methyl sites for hydroxylation is 1. The normalized spacial score (nSPS) is 17.8. The molecule has 2 aliphatic rings. The number of nitrogens with one attached hydrogen (secondary N) is 1. The molecule has 0 saturated heterocycles. The fraction of sp³-hybridized carbons (Fsp3) is 0.542. The van der Waals surface area contributed by atoms with Gasteiger partial charge >= 0.3 is 0 Å². The standard InChI is InChI=1S/C24H30N6O4/c1-16-12-13-20(34-16)23-26-28-29(27-23)15-21(31)30(18-9-4-5-10-18)22(19-11-6-14-33-19)24(32)25-17-7-2-3-8-17/h6,11-14,17-18,22H,2-5,7-10,15H2,1H3,(H,25,32)/t22-/m0/s1. The molecule has 2 fully saturated rings. The van der Waals surface area contributed by atoms with E-state index in [4.69, 9.17) is 8.83 Å². The van der Waals surface area contributed by atoms with Gasteiger partial charge in [0, 0.05) is 12.1 Å². The van der Waals surface area contributed by atoms with E-state index >= 15 is 0 Å². The Morgan fingerprint density at radius 3 is 2.59 bits per heavy atom. The summed E-state index contributed by atoms with van der Waals surface area (Å²) in [5.41, 5.74) is 0. The van der Waals surface area contributed by atoms with E-state index in [1.54, 1.807) is 29.4 Å². The number of nitrogens with zero attached hydrogens (tertiary/aromatic N) is 5. The molecule has 0 radical (unpaired) electrons. The van der Waals surface area contributed by atoms with Gasteiger partial charge in [-0.25, -0.2) is 0 Å². The summed E-state index contributed by atoms with van der Waals surface area (Å²) in [6, 6.07) is 6.36. The molecule has 3 aromatic heterocycles. The summed E-state index contributed by atoms with van der Waals surface area (Å²) < 4.78 is 11.2. The van der Waals surface area contributed by atoms with Crippen molar-refractivity contribution in [3.05, 3.63) is 42.0 Å². The van der Waals surface area contributed by atoms with Gasteiger partial charge in [-0.2, -0.15) is 4.80 Å². The molecule has 5 rings (SSSR count). The zero-order chi connectivity index (χ0) is 23.5. The molecule has 0 unspecified atom stereocenters. The van der Waals surface area contributed by atoms with Crippen LogP contribution in [0.3, 0.4) is 0 Å². The number of carbonyl (C=O) groups excluding carboxylic acids is 2. The lowest BCUT2D eigenvalue weighted by Crippen LogP contribution is -2.50. The smallest absolute Gasteiger partial charge is 0.250 e. The van der Waals surface area contributed by atoms with Crippen molar-refractivity contribution >= 4 is 11.8 Å². The summed E-state index contributed by atoms with van der Waals surface area (Å²) >= 11 is 0. The minimum atomic E-state index is -0.832. The van der Waals surface area contributed by atoms with E-state index in [2.05, 4.69) is 20.7 Å². The number of hydrogen-bond acceptors (Lipinski definition) is 7. The number of aromatic nitrogens is 4. The van der Waals surface area contributed by atoms with Gasteiger partial charge in [0.15, 0.2) is 11.8 Å². The van der Waals surface area contributed by atoms with Gasteiger partial charge in [0.1, 0.15) is 18.1 Å². The van der Waals surface area contributed by atoms with Crippen LogP contribution < -0.4 is 5.32 Å². The van der Waals surface area contributed by atoms with E-state index in [1.807, 2.05) is 13.0 Å². The van der Waals surface area contributed by atoms with Crippen molar-refractivity contribution in [3.8, 4) is 11.6 Å². The highest BCUT2D eigenvalue weighted by molar-refractivity contribution is 5.88. The molecular weight excluding hydrogens is 436 g/mol. The van der Waals surface area contributed by atoms with Crippen molar-refractivity contribution in [1.82, 2.24) is 30.4 Å². The van der Waals surface area contributed by atoms with Crippen molar-refractivity contribution in [1.29, 1.82) is 0 Å². The molecule has 180 valence electrons. The average Bonchev–Trinajstić information content (AvgIpc) is 3.63. The Balaban J connectivity index is 1.40. The first-order valence-electron chi connectivity index (χ1n) is 12.1.